The van der Waals surface area contributed by atoms with Crippen LogP contribution < -0.4 is 9.47 Å². The Morgan fingerprint density at radius 2 is 2.03 bits per heavy atom. The Morgan fingerprint density at radius 1 is 1.21 bits per heavy atom. The monoisotopic (exact) mass is 400 g/mol. The molecule has 0 spiro atoms. The predicted octanol–water partition coefficient (Wildman–Crippen LogP) is 3.39. The van der Waals surface area contributed by atoms with E-state index in [1.165, 1.54) is 5.56 Å². The molecule has 1 aromatic carbocycles. The topological polar surface area (TPSA) is 55.2 Å². The number of piperidine rings is 1. The zero-order chi connectivity index (χ0) is 20.6. The normalized spacial score (nSPS) is 16.8. The van der Waals surface area contributed by atoms with E-state index >= 15 is 0 Å². The first-order chi connectivity index (χ1) is 14.1. The summed E-state index contributed by atoms with van der Waals surface area (Å²) in [5.41, 5.74) is 1.22. The van der Waals surface area contributed by atoms with Crippen LogP contribution in [0.2, 0.25) is 0 Å². The summed E-state index contributed by atoms with van der Waals surface area (Å²) in [5.74, 6) is 2.61. The lowest BCUT2D eigenvalue weighted by atomic mass is 10.0. The summed E-state index contributed by atoms with van der Waals surface area (Å²) in [4.78, 5) is 17.0. The fourth-order valence-corrected chi connectivity index (χ4v) is 3.91. The van der Waals surface area contributed by atoms with Gasteiger partial charge >= 0.3 is 0 Å². The molecule has 2 heterocycles. The number of likely N-dealkylation sites (tertiary alicyclic amines) is 1. The van der Waals surface area contributed by atoms with Crippen LogP contribution in [0.4, 0.5) is 0 Å². The minimum Gasteiger partial charge on any atom is -0.493 e. The van der Waals surface area contributed by atoms with Crippen molar-refractivity contribution in [3.05, 3.63) is 47.9 Å². The number of benzene rings is 1. The zero-order valence-electron chi connectivity index (χ0n) is 17.7. The Balaban J connectivity index is 1.49. The second-order valence-electron chi connectivity index (χ2n) is 7.64. The first kappa shape index (κ1) is 21.2. The molecular weight excluding hydrogens is 368 g/mol. The molecule has 1 aliphatic heterocycles. The third kappa shape index (κ3) is 5.76. The molecule has 6 nitrogen and oxygen atoms in total. The number of nitrogens with zero attached hydrogens (tertiary/aromatic N) is 2. The molecule has 0 unspecified atom stereocenters. The van der Waals surface area contributed by atoms with E-state index in [2.05, 4.69) is 18.0 Å². The minimum absolute atomic E-state index is 0.222. The van der Waals surface area contributed by atoms with E-state index < -0.39 is 0 Å². The third-order valence-corrected chi connectivity index (χ3v) is 5.74. The standard InChI is InChI=1S/C23H32N2O4/c1-24(14-12-18-8-10-21(27-2)22(16-18)28-3)19-6-4-13-25(17-19)23(26)11-9-20-7-5-15-29-20/h5,7-8,10,15-16,19H,4,6,9,11-14,17H2,1-3H3/t19-/m1/s1. The van der Waals surface area contributed by atoms with Gasteiger partial charge in [0.05, 0.1) is 20.5 Å². The predicted molar refractivity (Wildman–Crippen MR) is 113 cm³/mol. The molecule has 158 valence electrons. The van der Waals surface area contributed by atoms with Gasteiger partial charge in [0.1, 0.15) is 5.76 Å². The van der Waals surface area contributed by atoms with Gasteiger partial charge in [-0.3, -0.25) is 4.79 Å². The highest BCUT2D eigenvalue weighted by molar-refractivity contribution is 5.76. The van der Waals surface area contributed by atoms with Gasteiger partial charge in [0.25, 0.3) is 0 Å². The first-order valence-electron chi connectivity index (χ1n) is 10.3. The van der Waals surface area contributed by atoms with Crippen molar-refractivity contribution in [2.24, 2.45) is 0 Å². The second kappa shape index (κ2) is 10.3. The molecule has 1 aliphatic rings. The summed E-state index contributed by atoms with van der Waals surface area (Å²) in [6.45, 7) is 2.60. The fraction of sp³-hybridized carbons (Fsp3) is 0.522. The van der Waals surface area contributed by atoms with Crippen molar-refractivity contribution in [1.29, 1.82) is 0 Å². The number of aryl methyl sites for hydroxylation is 1. The number of hydrogen-bond donors (Lipinski definition) is 0. The van der Waals surface area contributed by atoms with Crippen LogP contribution in [0.25, 0.3) is 0 Å². The molecule has 1 amide bonds. The molecule has 1 atom stereocenters. The number of likely N-dealkylation sites (N-methyl/N-ethyl adjacent to an activating group) is 1. The minimum atomic E-state index is 0.222. The summed E-state index contributed by atoms with van der Waals surface area (Å²) >= 11 is 0. The van der Waals surface area contributed by atoms with Crippen molar-refractivity contribution in [3.63, 3.8) is 0 Å². The summed E-state index contributed by atoms with van der Waals surface area (Å²) in [7, 11) is 5.46. The third-order valence-electron chi connectivity index (χ3n) is 5.74. The number of rotatable bonds is 9. The number of methoxy groups -OCH3 is 2. The van der Waals surface area contributed by atoms with Crippen LogP contribution in [0.3, 0.4) is 0 Å². The van der Waals surface area contributed by atoms with E-state index in [9.17, 15) is 4.79 Å². The van der Waals surface area contributed by atoms with Crippen LogP contribution in [0.1, 0.15) is 30.6 Å². The number of carbonyl (C=O) groups excluding carboxylic acids is 1. The lowest BCUT2D eigenvalue weighted by molar-refractivity contribution is -0.133. The van der Waals surface area contributed by atoms with E-state index in [0.29, 0.717) is 18.9 Å². The van der Waals surface area contributed by atoms with Gasteiger partial charge in [-0.05, 0) is 56.1 Å². The lowest BCUT2D eigenvalue weighted by Crippen LogP contribution is -2.49. The fourth-order valence-electron chi connectivity index (χ4n) is 3.91. The molecule has 0 radical (unpaired) electrons. The van der Waals surface area contributed by atoms with E-state index in [-0.39, 0.29) is 5.91 Å². The van der Waals surface area contributed by atoms with Gasteiger partial charge in [-0.2, -0.15) is 0 Å². The molecule has 6 heteroatoms. The molecule has 0 N–H and O–H groups in total. The number of hydrogen-bond acceptors (Lipinski definition) is 5. The highest BCUT2D eigenvalue weighted by Crippen LogP contribution is 2.28. The number of ether oxygens (including phenoxy) is 2. The number of amides is 1. The van der Waals surface area contributed by atoms with Crippen LogP contribution >= 0.6 is 0 Å². The summed E-state index contributed by atoms with van der Waals surface area (Å²) in [5, 5.41) is 0. The molecular formula is C23H32N2O4. The van der Waals surface area contributed by atoms with E-state index in [1.807, 2.05) is 29.2 Å². The molecule has 1 fully saturated rings. The average Bonchev–Trinajstić information content (AvgIpc) is 3.29. The van der Waals surface area contributed by atoms with Crippen molar-refractivity contribution < 1.29 is 18.7 Å². The van der Waals surface area contributed by atoms with Crippen molar-refractivity contribution in [2.45, 2.75) is 38.1 Å². The quantitative estimate of drug-likeness (QED) is 0.646. The Hall–Kier alpha value is -2.47. The Morgan fingerprint density at radius 3 is 2.76 bits per heavy atom. The van der Waals surface area contributed by atoms with Crippen molar-refractivity contribution in [1.82, 2.24) is 9.80 Å². The number of carbonyl (C=O) groups is 1. The van der Waals surface area contributed by atoms with Gasteiger partial charge in [0.2, 0.25) is 5.91 Å². The highest BCUT2D eigenvalue weighted by Gasteiger charge is 2.26. The van der Waals surface area contributed by atoms with Crippen LogP contribution in [-0.4, -0.2) is 62.7 Å². The summed E-state index contributed by atoms with van der Waals surface area (Å²) < 4.78 is 16.1. The van der Waals surface area contributed by atoms with Crippen molar-refractivity contribution >= 4 is 5.91 Å². The molecule has 1 aromatic heterocycles. The first-order valence-corrected chi connectivity index (χ1v) is 10.3. The maximum absolute atomic E-state index is 12.6. The van der Waals surface area contributed by atoms with Crippen molar-refractivity contribution in [2.75, 3.05) is 40.9 Å². The van der Waals surface area contributed by atoms with Crippen LogP contribution in [-0.2, 0) is 17.6 Å². The van der Waals surface area contributed by atoms with Gasteiger partial charge < -0.3 is 23.7 Å². The van der Waals surface area contributed by atoms with Crippen LogP contribution in [0, 0.1) is 0 Å². The molecule has 0 saturated carbocycles. The van der Waals surface area contributed by atoms with Gasteiger partial charge in [-0.1, -0.05) is 6.07 Å². The van der Waals surface area contributed by atoms with E-state index in [1.54, 1.807) is 20.5 Å². The molecule has 29 heavy (non-hydrogen) atoms. The Labute approximate surface area is 173 Å². The average molecular weight is 401 g/mol. The largest absolute Gasteiger partial charge is 0.493 e. The lowest BCUT2D eigenvalue weighted by Gasteiger charge is -2.37. The Bertz CT molecular complexity index is 775. The zero-order valence-corrected chi connectivity index (χ0v) is 17.7. The molecule has 0 bridgehead atoms. The molecule has 1 saturated heterocycles. The maximum Gasteiger partial charge on any atom is 0.223 e. The van der Waals surface area contributed by atoms with E-state index in [4.69, 9.17) is 13.9 Å². The molecule has 2 aromatic rings. The Kier molecular flexibility index (Phi) is 7.58. The van der Waals surface area contributed by atoms with Gasteiger partial charge in [-0.25, -0.2) is 0 Å². The summed E-state index contributed by atoms with van der Waals surface area (Å²) in [6.07, 6.45) is 5.95. The highest BCUT2D eigenvalue weighted by atomic mass is 16.5. The summed E-state index contributed by atoms with van der Waals surface area (Å²) in [6, 6.07) is 10.3. The maximum atomic E-state index is 12.6. The van der Waals surface area contributed by atoms with E-state index in [0.717, 1.165) is 56.2 Å². The SMILES string of the molecule is COc1ccc(CCN(C)[C@@H]2CCCN(C(=O)CCc3ccco3)C2)cc1OC. The second-order valence-corrected chi connectivity index (χ2v) is 7.64. The smallest absolute Gasteiger partial charge is 0.223 e. The molecule has 0 aliphatic carbocycles. The number of furan rings is 1. The van der Waals surface area contributed by atoms with Crippen molar-refractivity contribution in [3.8, 4) is 11.5 Å². The van der Waals surface area contributed by atoms with Gasteiger partial charge in [0, 0.05) is 38.5 Å². The van der Waals surface area contributed by atoms with Crippen LogP contribution in [0.5, 0.6) is 11.5 Å². The van der Waals surface area contributed by atoms with Gasteiger partial charge in [0.15, 0.2) is 11.5 Å². The van der Waals surface area contributed by atoms with Crippen LogP contribution in [0.15, 0.2) is 41.0 Å². The van der Waals surface area contributed by atoms with Gasteiger partial charge in [-0.15, -0.1) is 0 Å². The molecule has 3 rings (SSSR count).